The Morgan fingerprint density at radius 1 is 1.17 bits per heavy atom. The maximum Gasteiger partial charge on any atom is 0.270 e. The number of rotatable bonds is 4. The first kappa shape index (κ1) is 16.0. The van der Waals surface area contributed by atoms with E-state index >= 15 is 0 Å². The van der Waals surface area contributed by atoms with Crippen molar-refractivity contribution in [2.24, 2.45) is 0 Å². The fourth-order valence-corrected chi connectivity index (χ4v) is 2.46. The first-order valence-electron chi connectivity index (χ1n) is 7.31. The first-order chi connectivity index (χ1) is 11.6. The highest BCUT2D eigenvalue weighted by Gasteiger charge is 2.17. The van der Waals surface area contributed by atoms with Gasteiger partial charge in [0.05, 0.1) is 6.10 Å². The highest BCUT2D eigenvalue weighted by Crippen LogP contribution is 2.19. The second-order valence-corrected chi connectivity index (χ2v) is 5.27. The fourth-order valence-electron chi connectivity index (χ4n) is 2.46. The predicted molar refractivity (Wildman–Crippen MR) is 85.4 cm³/mol. The number of hydrogen-bond acceptors (Lipinski definition) is 3. The maximum atomic E-state index is 13.6. The zero-order valence-electron chi connectivity index (χ0n) is 12.5. The van der Waals surface area contributed by atoms with Crippen LogP contribution in [0.25, 0.3) is 10.8 Å². The molecular formula is C18H14F2N2O2. The predicted octanol–water partition coefficient (Wildman–Crippen LogP) is 2.98. The summed E-state index contributed by atoms with van der Waals surface area (Å²) in [7, 11) is 0. The minimum absolute atomic E-state index is 0.0809. The van der Waals surface area contributed by atoms with E-state index in [4.69, 9.17) is 0 Å². The van der Waals surface area contributed by atoms with Gasteiger partial charge in [0, 0.05) is 29.8 Å². The summed E-state index contributed by atoms with van der Waals surface area (Å²) >= 11 is 0. The van der Waals surface area contributed by atoms with Gasteiger partial charge in [-0.1, -0.05) is 30.3 Å². The van der Waals surface area contributed by atoms with Gasteiger partial charge in [-0.3, -0.25) is 9.78 Å². The smallest absolute Gasteiger partial charge is 0.270 e. The fraction of sp³-hybridized carbons (Fsp3) is 0.111. The summed E-state index contributed by atoms with van der Waals surface area (Å²) in [5, 5.41) is 14.1. The molecule has 122 valence electrons. The molecule has 2 aromatic carbocycles. The number of aliphatic hydroxyl groups excluding tert-OH is 1. The molecule has 2 N–H and O–H groups in total. The molecule has 0 saturated carbocycles. The van der Waals surface area contributed by atoms with Crippen molar-refractivity contribution in [3.05, 3.63) is 77.6 Å². The lowest BCUT2D eigenvalue weighted by Crippen LogP contribution is -2.29. The van der Waals surface area contributed by atoms with E-state index in [1.165, 1.54) is 6.20 Å². The van der Waals surface area contributed by atoms with Gasteiger partial charge < -0.3 is 10.4 Å². The van der Waals surface area contributed by atoms with Crippen molar-refractivity contribution in [1.29, 1.82) is 0 Å². The van der Waals surface area contributed by atoms with Crippen LogP contribution in [0.3, 0.4) is 0 Å². The van der Waals surface area contributed by atoms with Gasteiger partial charge in [-0.05, 0) is 17.5 Å². The van der Waals surface area contributed by atoms with Crippen molar-refractivity contribution in [3.8, 4) is 0 Å². The Morgan fingerprint density at radius 3 is 2.75 bits per heavy atom. The molecule has 1 aromatic heterocycles. The lowest BCUT2D eigenvalue weighted by molar-refractivity contribution is 0.0911. The van der Waals surface area contributed by atoms with Gasteiger partial charge in [-0.25, -0.2) is 8.78 Å². The number of nitrogens with one attached hydrogen (secondary N) is 1. The Hall–Kier alpha value is -2.86. The number of hydrogen-bond donors (Lipinski definition) is 2. The quantitative estimate of drug-likeness (QED) is 0.774. The number of aromatic nitrogens is 1. The second-order valence-electron chi connectivity index (χ2n) is 5.27. The van der Waals surface area contributed by atoms with Crippen LogP contribution in [0.5, 0.6) is 0 Å². The monoisotopic (exact) mass is 328 g/mol. The van der Waals surface area contributed by atoms with E-state index in [9.17, 15) is 18.7 Å². The maximum absolute atomic E-state index is 13.6. The number of halogens is 2. The first-order valence-corrected chi connectivity index (χ1v) is 7.31. The summed E-state index contributed by atoms with van der Waals surface area (Å²) in [5.41, 5.74) is 0.141. The lowest BCUT2D eigenvalue weighted by atomic mass is 10.1. The molecule has 1 heterocycles. The van der Waals surface area contributed by atoms with Gasteiger partial charge in [0.1, 0.15) is 17.3 Å². The Bertz CT molecular complexity index is 894. The summed E-state index contributed by atoms with van der Waals surface area (Å²) in [6, 6.07) is 12.0. The number of carbonyl (C=O) groups excluding carboxylic acids is 1. The van der Waals surface area contributed by atoms with Gasteiger partial charge in [-0.15, -0.1) is 0 Å². The van der Waals surface area contributed by atoms with Crippen LogP contribution in [0.2, 0.25) is 0 Å². The zero-order valence-corrected chi connectivity index (χ0v) is 12.5. The second kappa shape index (κ2) is 6.72. The van der Waals surface area contributed by atoms with E-state index < -0.39 is 23.6 Å². The van der Waals surface area contributed by atoms with Crippen LogP contribution >= 0.6 is 0 Å². The van der Waals surface area contributed by atoms with Crippen molar-refractivity contribution >= 4 is 16.7 Å². The van der Waals surface area contributed by atoms with E-state index in [0.717, 1.165) is 17.5 Å². The van der Waals surface area contributed by atoms with Crippen molar-refractivity contribution < 1.29 is 18.7 Å². The van der Waals surface area contributed by atoms with Gasteiger partial charge in [0.2, 0.25) is 0 Å². The Kier molecular flexibility index (Phi) is 4.48. The molecule has 1 amide bonds. The summed E-state index contributed by atoms with van der Waals surface area (Å²) < 4.78 is 26.5. The summed E-state index contributed by atoms with van der Waals surface area (Å²) in [5.74, 6) is -2.07. The molecule has 0 bridgehead atoms. The highest BCUT2D eigenvalue weighted by atomic mass is 19.1. The van der Waals surface area contributed by atoms with Crippen molar-refractivity contribution in [2.75, 3.05) is 6.54 Å². The van der Waals surface area contributed by atoms with E-state index in [2.05, 4.69) is 10.3 Å². The van der Waals surface area contributed by atoms with Gasteiger partial charge in [0.25, 0.3) is 5.91 Å². The van der Waals surface area contributed by atoms with E-state index in [0.29, 0.717) is 11.5 Å². The third kappa shape index (κ3) is 3.23. The summed E-state index contributed by atoms with van der Waals surface area (Å²) in [6.45, 7) is -0.216. The Morgan fingerprint density at radius 2 is 1.96 bits per heavy atom. The van der Waals surface area contributed by atoms with Crippen LogP contribution in [0.1, 0.15) is 22.2 Å². The standard InChI is InChI=1S/C18H14F2N2O2/c19-12-5-6-14(15(20)9-12)16(23)10-22-18(24)17-13-4-2-1-3-11(13)7-8-21-17/h1-9,16,23H,10H2,(H,22,24)/t16-/m0/s1. The highest BCUT2D eigenvalue weighted by molar-refractivity contribution is 6.05. The van der Waals surface area contributed by atoms with Crippen LogP contribution in [0.4, 0.5) is 8.78 Å². The van der Waals surface area contributed by atoms with Crippen LogP contribution in [-0.2, 0) is 0 Å². The summed E-state index contributed by atoms with van der Waals surface area (Å²) in [4.78, 5) is 16.4. The Labute approximate surface area is 136 Å². The molecule has 24 heavy (non-hydrogen) atoms. The number of carbonyl (C=O) groups is 1. The zero-order chi connectivity index (χ0) is 17.1. The summed E-state index contributed by atoms with van der Waals surface area (Å²) in [6.07, 6.45) is 0.234. The average Bonchev–Trinajstić information content (AvgIpc) is 2.59. The van der Waals surface area contributed by atoms with Gasteiger partial charge >= 0.3 is 0 Å². The van der Waals surface area contributed by atoms with Crippen molar-refractivity contribution in [3.63, 3.8) is 0 Å². The minimum Gasteiger partial charge on any atom is -0.386 e. The molecule has 3 rings (SSSR count). The number of nitrogens with zero attached hydrogens (tertiary/aromatic N) is 1. The molecule has 6 heteroatoms. The number of amides is 1. The average molecular weight is 328 g/mol. The normalized spacial score (nSPS) is 12.1. The molecule has 0 aliphatic carbocycles. The molecular weight excluding hydrogens is 314 g/mol. The number of benzene rings is 2. The van der Waals surface area contributed by atoms with E-state index in [1.807, 2.05) is 12.1 Å². The van der Waals surface area contributed by atoms with Crippen LogP contribution < -0.4 is 5.32 Å². The van der Waals surface area contributed by atoms with Gasteiger partial charge in [0.15, 0.2) is 0 Å². The number of pyridine rings is 1. The van der Waals surface area contributed by atoms with E-state index in [-0.39, 0.29) is 17.8 Å². The van der Waals surface area contributed by atoms with Crippen molar-refractivity contribution in [1.82, 2.24) is 10.3 Å². The van der Waals surface area contributed by atoms with E-state index in [1.54, 1.807) is 18.2 Å². The van der Waals surface area contributed by atoms with Crippen LogP contribution in [0.15, 0.2) is 54.7 Å². The molecule has 3 aromatic rings. The minimum atomic E-state index is -1.29. The molecule has 0 fully saturated rings. The topological polar surface area (TPSA) is 62.2 Å². The third-order valence-corrected chi connectivity index (χ3v) is 3.67. The molecule has 4 nitrogen and oxygen atoms in total. The molecule has 0 spiro atoms. The van der Waals surface area contributed by atoms with Gasteiger partial charge in [-0.2, -0.15) is 0 Å². The SMILES string of the molecule is O=C(NC[C@H](O)c1ccc(F)cc1F)c1nccc2ccccc12. The molecule has 0 saturated heterocycles. The molecule has 0 aliphatic rings. The third-order valence-electron chi connectivity index (χ3n) is 3.67. The molecule has 0 unspecified atom stereocenters. The number of aliphatic hydroxyl groups is 1. The van der Waals surface area contributed by atoms with Crippen LogP contribution in [-0.4, -0.2) is 22.5 Å². The van der Waals surface area contributed by atoms with Crippen molar-refractivity contribution in [2.45, 2.75) is 6.10 Å². The van der Waals surface area contributed by atoms with Crippen LogP contribution in [0, 0.1) is 11.6 Å². The number of fused-ring (bicyclic) bond motifs is 1. The largest absolute Gasteiger partial charge is 0.386 e. The molecule has 0 radical (unpaired) electrons. The molecule has 1 atom stereocenters. The lowest BCUT2D eigenvalue weighted by Gasteiger charge is -2.13. The Balaban J connectivity index is 1.75. The molecule has 0 aliphatic heterocycles.